The first-order valence-corrected chi connectivity index (χ1v) is 6.98. The summed E-state index contributed by atoms with van der Waals surface area (Å²) in [7, 11) is 0. The summed E-state index contributed by atoms with van der Waals surface area (Å²) in [4.78, 5) is 24.0. The van der Waals surface area contributed by atoms with E-state index < -0.39 is 0 Å². The van der Waals surface area contributed by atoms with Crippen molar-refractivity contribution in [3.8, 4) is 5.69 Å². The Morgan fingerprint density at radius 1 is 1.26 bits per heavy atom. The Morgan fingerprint density at radius 3 is 2.83 bits per heavy atom. The van der Waals surface area contributed by atoms with Gasteiger partial charge in [0.25, 0.3) is 5.91 Å². The van der Waals surface area contributed by atoms with Gasteiger partial charge in [-0.25, -0.2) is 14.4 Å². The molecule has 0 aliphatic carbocycles. The molecule has 3 aromatic rings. The molecule has 1 N–H and O–H groups in total. The van der Waals surface area contributed by atoms with Gasteiger partial charge in [-0.1, -0.05) is 0 Å². The second-order valence-corrected chi connectivity index (χ2v) is 4.89. The number of carbonyl (C=O) groups excluding carboxylic acids is 1. The summed E-state index contributed by atoms with van der Waals surface area (Å²) >= 11 is 0. The van der Waals surface area contributed by atoms with Crippen molar-refractivity contribution in [3.05, 3.63) is 72.1 Å². The van der Waals surface area contributed by atoms with Gasteiger partial charge in [0.1, 0.15) is 17.3 Å². The Kier molecular flexibility index (Phi) is 4.09. The van der Waals surface area contributed by atoms with Crippen molar-refractivity contribution in [1.82, 2.24) is 24.8 Å². The van der Waals surface area contributed by atoms with Crippen LogP contribution in [0.5, 0.6) is 0 Å². The van der Waals surface area contributed by atoms with Gasteiger partial charge in [0.05, 0.1) is 11.9 Å². The molecule has 0 aliphatic heterocycles. The molecular formula is C16H14FN5O. The summed E-state index contributed by atoms with van der Waals surface area (Å²) < 4.78 is 15.4. The molecule has 0 saturated carbocycles. The van der Waals surface area contributed by atoms with Crippen LogP contribution in [0.1, 0.15) is 21.9 Å². The number of hydrogen-bond donors (Lipinski definition) is 1. The highest BCUT2D eigenvalue weighted by Crippen LogP contribution is 2.18. The van der Waals surface area contributed by atoms with Crippen molar-refractivity contribution >= 4 is 5.91 Å². The first-order valence-electron chi connectivity index (χ1n) is 6.98. The maximum atomic E-state index is 13.6. The van der Waals surface area contributed by atoms with E-state index in [2.05, 4.69) is 20.3 Å². The van der Waals surface area contributed by atoms with Crippen LogP contribution in [-0.4, -0.2) is 25.4 Å². The van der Waals surface area contributed by atoms with Gasteiger partial charge in [-0.15, -0.1) is 0 Å². The van der Waals surface area contributed by atoms with Crippen molar-refractivity contribution in [3.63, 3.8) is 0 Å². The van der Waals surface area contributed by atoms with Crippen LogP contribution < -0.4 is 5.32 Å². The monoisotopic (exact) mass is 311 g/mol. The quantitative estimate of drug-likeness (QED) is 0.800. The van der Waals surface area contributed by atoms with E-state index in [1.807, 2.05) is 11.5 Å². The molecule has 0 bridgehead atoms. The first-order chi connectivity index (χ1) is 11.1. The van der Waals surface area contributed by atoms with Crippen LogP contribution in [0.15, 0.2) is 49.2 Å². The molecule has 0 spiro atoms. The van der Waals surface area contributed by atoms with E-state index in [-0.39, 0.29) is 24.0 Å². The highest BCUT2D eigenvalue weighted by atomic mass is 19.1. The normalized spacial score (nSPS) is 10.5. The Balaban J connectivity index is 1.84. The molecule has 0 fully saturated rings. The molecule has 3 rings (SSSR count). The van der Waals surface area contributed by atoms with Crippen LogP contribution >= 0.6 is 0 Å². The zero-order chi connectivity index (χ0) is 16.2. The van der Waals surface area contributed by atoms with Gasteiger partial charge >= 0.3 is 0 Å². The Labute approximate surface area is 132 Å². The molecule has 1 aromatic carbocycles. The van der Waals surface area contributed by atoms with Crippen molar-refractivity contribution in [2.45, 2.75) is 13.5 Å². The molecule has 2 heterocycles. The topological polar surface area (TPSA) is 72.7 Å². The summed E-state index contributed by atoms with van der Waals surface area (Å²) in [6, 6.07) is 4.43. The summed E-state index contributed by atoms with van der Waals surface area (Å²) in [6.45, 7) is 2.02. The molecule has 0 saturated heterocycles. The van der Waals surface area contributed by atoms with Gasteiger partial charge in [0.2, 0.25) is 0 Å². The molecule has 116 valence electrons. The molecular weight excluding hydrogens is 297 g/mol. The van der Waals surface area contributed by atoms with Crippen LogP contribution in [0, 0.1) is 12.7 Å². The van der Waals surface area contributed by atoms with Crippen molar-refractivity contribution in [2.24, 2.45) is 0 Å². The van der Waals surface area contributed by atoms with Crippen molar-refractivity contribution < 1.29 is 9.18 Å². The van der Waals surface area contributed by atoms with Crippen LogP contribution in [0.3, 0.4) is 0 Å². The fourth-order valence-corrected chi connectivity index (χ4v) is 2.25. The van der Waals surface area contributed by atoms with Crippen LogP contribution in [0.2, 0.25) is 0 Å². The number of halogens is 1. The molecule has 0 radical (unpaired) electrons. The summed E-state index contributed by atoms with van der Waals surface area (Å²) in [6.07, 6.45) is 7.76. The number of nitrogens with zero attached hydrogens (tertiary/aromatic N) is 4. The molecule has 0 aliphatic rings. The van der Waals surface area contributed by atoms with Gasteiger partial charge in [-0.3, -0.25) is 9.78 Å². The van der Waals surface area contributed by atoms with Crippen molar-refractivity contribution in [2.75, 3.05) is 0 Å². The number of benzene rings is 1. The standard InChI is InChI=1S/C16H14FN5O/c1-11-19-6-7-22(11)15-3-2-13(17)8-12(15)9-21-16(23)14-10-18-4-5-20-14/h2-8,10H,9H2,1H3,(H,21,23). The average Bonchev–Trinajstić information content (AvgIpc) is 2.99. The SMILES string of the molecule is Cc1nccn1-c1ccc(F)cc1CNC(=O)c1cnccn1. The Morgan fingerprint density at radius 2 is 2.13 bits per heavy atom. The smallest absolute Gasteiger partial charge is 0.271 e. The lowest BCUT2D eigenvalue weighted by molar-refractivity contribution is 0.0945. The number of aromatic nitrogens is 4. The minimum absolute atomic E-state index is 0.167. The van der Waals surface area contributed by atoms with E-state index in [0.29, 0.717) is 5.56 Å². The highest BCUT2D eigenvalue weighted by molar-refractivity contribution is 5.91. The van der Waals surface area contributed by atoms with E-state index >= 15 is 0 Å². The average molecular weight is 311 g/mol. The molecule has 1 amide bonds. The zero-order valence-electron chi connectivity index (χ0n) is 12.4. The number of hydrogen-bond acceptors (Lipinski definition) is 4. The second-order valence-electron chi connectivity index (χ2n) is 4.89. The van der Waals surface area contributed by atoms with Gasteiger partial charge < -0.3 is 9.88 Å². The van der Waals surface area contributed by atoms with E-state index in [1.54, 1.807) is 18.5 Å². The third-order valence-electron chi connectivity index (χ3n) is 3.36. The fraction of sp³-hybridized carbons (Fsp3) is 0.125. The van der Waals surface area contributed by atoms with E-state index in [1.165, 1.54) is 30.7 Å². The maximum absolute atomic E-state index is 13.6. The number of imidazole rings is 1. The summed E-state index contributed by atoms with van der Waals surface area (Å²) in [5.74, 6) is 0.0454. The molecule has 0 unspecified atom stereocenters. The van der Waals surface area contributed by atoms with E-state index in [9.17, 15) is 9.18 Å². The number of carbonyl (C=O) groups is 1. The maximum Gasteiger partial charge on any atom is 0.271 e. The van der Waals surface area contributed by atoms with Gasteiger partial charge in [0.15, 0.2) is 0 Å². The zero-order valence-corrected chi connectivity index (χ0v) is 12.4. The van der Waals surface area contributed by atoms with E-state index in [0.717, 1.165) is 11.5 Å². The Hall–Kier alpha value is -3.09. The summed E-state index contributed by atoms with van der Waals surface area (Å²) in [5.41, 5.74) is 1.62. The predicted octanol–water partition coefficient (Wildman–Crippen LogP) is 2.04. The van der Waals surface area contributed by atoms with Crippen LogP contribution in [-0.2, 0) is 6.54 Å². The number of nitrogens with one attached hydrogen (secondary N) is 1. The van der Waals surface area contributed by atoms with Crippen molar-refractivity contribution in [1.29, 1.82) is 0 Å². The molecule has 7 heteroatoms. The lowest BCUT2D eigenvalue weighted by Crippen LogP contribution is -2.24. The third kappa shape index (κ3) is 3.23. The number of amides is 1. The van der Waals surface area contributed by atoms with Gasteiger partial charge in [-0.2, -0.15) is 0 Å². The second kappa shape index (κ2) is 6.35. The minimum atomic E-state index is -0.365. The molecule has 2 aromatic heterocycles. The van der Waals surface area contributed by atoms with Crippen LogP contribution in [0.25, 0.3) is 5.69 Å². The number of aryl methyl sites for hydroxylation is 1. The third-order valence-corrected chi connectivity index (χ3v) is 3.36. The lowest BCUT2D eigenvalue weighted by Gasteiger charge is -2.13. The molecule has 6 nitrogen and oxygen atoms in total. The molecule has 23 heavy (non-hydrogen) atoms. The minimum Gasteiger partial charge on any atom is -0.346 e. The summed E-state index contributed by atoms with van der Waals surface area (Å²) in [5, 5.41) is 2.72. The first kappa shape index (κ1) is 14.8. The van der Waals surface area contributed by atoms with Gasteiger partial charge in [-0.05, 0) is 30.7 Å². The highest BCUT2D eigenvalue weighted by Gasteiger charge is 2.11. The lowest BCUT2D eigenvalue weighted by atomic mass is 10.1. The fourth-order valence-electron chi connectivity index (χ4n) is 2.25. The van der Waals surface area contributed by atoms with Gasteiger partial charge in [0, 0.05) is 31.3 Å². The Bertz CT molecular complexity index is 831. The predicted molar refractivity (Wildman–Crippen MR) is 81.5 cm³/mol. The van der Waals surface area contributed by atoms with Crippen LogP contribution in [0.4, 0.5) is 4.39 Å². The largest absolute Gasteiger partial charge is 0.346 e. The number of rotatable bonds is 4. The van der Waals surface area contributed by atoms with E-state index in [4.69, 9.17) is 0 Å². The molecule has 0 atom stereocenters.